The van der Waals surface area contributed by atoms with Gasteiger partial charge in [0.05, 0.1) is 24.4 Å². The fourth-order valence-corrected chi connectivity index (χ4v) is 5.87. The fourth-order valence-electron chi connectivity index (χ4n) is 5.87. The maximum absolute atomic E-state index is 11.0. The van der Waals surface area contributed by atoms with Crippen molar-refractivity contribution in [2.45, 2.75) is 116 Å². The summed E-state index contributed by atoms with van der Waals surface area (Å²) in [4.78, 5) is 0. The molecule has 0 spiro atoms. The second-order valence-electron chi connectivity index (χ2n) is 12.9. The molecule has 0 heterocycles. The summed E-state index contributed by atoms with van der Waals surface area (Å²) >= 11 is 0. The highest BCUT2D eigenvalue weighted by atomic mass is 16.3. The molecule has 0 bridgehead atoms. The maximum atomic E-state index is 11.0. The molecule has 8 unspecified atom stereocenters. The van der Waals surface area contributed by atoms with Crippen LogP contribution in [0.5, 0.6) is 0 Å². The van der Waals surface area contributed by atoms with Gasteiger partial charge in [-0.15, -0.1) is 0 Å². The molecule has 34 heavy (non-hydrogen) atoms. The van der Waals surface area contributed by atoms with Crippen molar-refractivity contribution in [3.05, 3.63) is 12.2 Å². The predicted molar refractivity (Wildman–Crippen MR) is 135 cm³/mol. The van der Waals surface area contributed by atoms with Crippen LogP contribution in [0.3, 0.4) is 0 Å². The Hall–Kier alpha value is -0.500. The normalized spacial score (nSPS) is 35.7. The molecule has 6 heteroatoms. The number of rotatable bonds is 12. The highest BCUT2D eigenvalue weighted by Gasteiger charge is 2.37. The van der Waals surface area contributed by atoms with Crippen molar-refractivity contribution in [2.75, 3.05) is 13.2 Å². The topological polar surface area (TPSA) is 121 Å². The maximum Gasteiger partial charge on any atom is 0.0632 e. The fraction of sp³-hybridized carbons (Fsp3) is 0.929. The quantitative estimate of drug-likeness (QED) is 0.236. The molecule has 0 aromatic rings. The van der Waals surface area contributed by atoms with Gasteiger partial charge in [0.15, 0.2) is 0 Å². The summed E-state index contributed by atoms with van der Waals surface area (Å²) in [6.45, 7) is 8.43. The van der Waals surface area contributed by atoms with Crippen LogP contribution in [0.15, 0.2) is 12.2 Å². The van der Waals surface area contributed by atoms with E-state index in [-0.39, 0.29) is 47.7 Å². The van der Waals surface area contributed by atoms with E-state index in [0.717, 1.165) is 38.5 Å². The molecule has 0 aromatic carbocycles. The Morgan fingerprint density at radius 3 is 1.29 bits per heavy atom. The summed E-state index contributed by atoms with van der Waals surface area (Å²) in [5.74, 6) is -0.265. The Morgan fingerprint density at radius 2 is 0.971 bits per heavy atom. The molecule has 6 nitrogen and oxygen atoms in total. The highest BCUT2D eigenvalue weighted by molar-refractivity contribution is 5.04. The largest absolute Gasteiger partial charge is 0.396 e. The zero-order valence-corrected chi connectivity index (χ0v) is 21.9. The number of hydrogen-bond donors (Lipinski definition) is 6. The van der Waals surface area contributed by atoms with Crippen LogP contribution < -0.4 is 0 Å². The molecule has 8 atom stereocenters. The van der Waals surface area contributed by atoms with E-state index in [9.17, 15) is 30.6 Å². The Morgan fingerprint density at radius 1 is 0.618 bits per heavy atom. The van der Waals surface area contributed by atoms with E-state index in [1.165, 1.54) is 0 Å². The van der Waals surface area contributed by atoms with Gasteiger partial charge in [-0.2, -0.15) is 0 Å². The third kappa shape index (κ3) is 9.18. The van der Waals surface area contributed by atoms with Gasteiger partial charge in [0, 0.05) is 25.0 Å². The van der Waals surface area contributed by atoms with Gasteiger partial charge in [-0.3, -0.25) is 0 Å². The summed E-state index contributed by atoms with van der Waals surface area (Å²) in [7, 11) is 0. The Labute approximate surface area is 207 Å². The minimum atomic E-state index is -0.529. The molecular formula is C28H52O6. The average molecular weight is 485 g/mol. The minimum Gasteiger partial charge on any atom is -0.396 e. The van der Waals surface area contributed by atoms with Crippen LogP contribution >= 0.6 is 0 Å². The van der Waals surface area contributed by atoms with Crippen molar-refractivity contribution >= 4 is 0 Å². The van der Waals surface area contributed by atoms with E-state index in [1.807, 2.05) is 39.8 Å². The molecule has 0 saturated heterocycles. The van der Waals surface area contributed by atoms with Gasteiger partial charge in [-0.1, -0.05) is 52.7 Å². The molecule has 0 aromatic heterocycles. The first-order valence-corrected chi connectivity index (χ1v) is 13.5. The van der Waals surface area contributed by atoms with Crippen molar-refractivity contribution in [1.29, 1.82) is 0 Å². The molecular weight excluding hydrogens is 432 g/mol. The predicted octanol–water partition coefficient (Wildman–Crippen LogP) is 3.42. The summed E-state index contributed by atoms with van der Waals surface area (Å²) in [6, 6.07) is 0. The molecule has 2 aliphatic carbocycles. The highest BCUT2D eigenvalue weighted by Crippen LogP contribution is 2.38. The first-order chi connectivity index (χ1) is 15.9. The third-order valence-corrected chi connectivity index (χ3v) is 8.40. The van der Waals surface area contributed by atoms with Gasteiger partial charge in [-0.25, -0.2) is 0 Å². The molecule has 0 radical (unpaired) electrons. The van der Waals surface area contributed by atoms with Crippen LogP contribution in [0.2, 0.25) is 0 Å². The van der Waals surface area contributed by atoms with Crippen molar-refractivity contribution in [3.63, 3.8) is 0 Å². The van der Waals surface area contributed by atoms with Crippen molar-refractivity contribution < 1.29 is 30.6 Å². The van der Waals surface area contributed by atoms with Crippen LogP contribution in [-0.2, 0) is 0 Å². The molecule has 0 aliphatic heterocycles. The smallest absolute Gasteiger partial charge is 0.0632 e. The van der Waals surface area contributed by atoms with Crippen LogP contribution in [0.1, 0.15) is 91.9 Å². The molecule has 0 amide bonds. The Bertz CT molecular complexity index is 566. The molecule has 2 fully saturated rings. The summed E-state index contributed by atoms with van der Waals surface area (Å²) in [5, 5.41) is 61.8. The lowest BCUT2D eigenvalue weighted by Crippen LogP contribution is -2.40. The molecule has 2 aliphatic rings. The van der Waals surface area contributed by atoms with Gasteiger partial charge < -0.3 is 30.6 Å². The zero-order chi connectivity index (χ0) is 25.5. The van der Waals surface area contributed by atoms with Crippen molar-refractivity contribution in [1.82, 2.24) is 0 Å². The SMILES string of the molecule is CC(C)(CO)CCCC1CC(O)CC(C=CC2CC(O)CC(CCCC(C)(C)CO)C2O)C1O. The zero-order valence-electron chi connectivity index (χ0n) is 21.9. The third-order valence-electron chi connectivity index (χ3n) is 8.40. The Kier molecular flexibility index (Phi) is 11.5. The molecule has 6 N–H and O–H groups in total. The van der Waals surface area contributed by atoms with Crippen molar-refractivity contribution in [2.24, 2.45) is 34.5 Å². The molecule has 200 valence electrons. The lowest BCUT2D eigenvalue weighted by Gasteiger charge is -2.38. The van der Waals surface area contributed by atoms with Gasteiger partial charge in [0.25, 0.3) is 0 Å². The standard InChI is InChI=1S/C28H52O6/c1-27(2,17-29)11-5-7-19-13-23(31)15-21(25(19)33)9-10-22-16-24(32)14-20(26(22)34)8-6-12-28(3,4)18-30/h9-10,19-26,29-34H,5-8,11-18H2,1-4H3. The molecule has 2 saturated carbocycles. The summed E-state index contributed by atoms with van der Waals surface area (Å²) in [6.07, 6.45) is 9.43. The lowest BCUT2D eigenvalue weighted by molar-refractivity contribution is -0.0306. The first kappa shape index (κ1) is 29.7. The van der Waals surface area contributed by atoms with Crippen LogP contribution in [0.25, 0.3) is 0 Å². The molecule has 2 rings (SSSR count). The van der Waals surface area contributed by atoms with Gasteiger partial charge in [-0.05, 0) is 74.0 Å². The average Bonchev–Trinajstić information content (AvgIpc) is 2.77. The second-order valence-corrected chi connectivity index (χ2v) is 12.9. The Balaban J connectivity index is 1.94. The van der Waals surface area contributed by atoms with Gasteiger partial charge >= 0.3 is 0 Å². The van der Waals surface area contributed by atoms with Crippen LogP contribution in [0.4, 0.5) is 0 Å². The van der Waals surface area contributed by atoms with Gasteiger partial charge in [0.2, 0.25) is 0 Å². The first-order valence-electron chi connectivity index (χ1n) is 13.5. The van der Waals surface area contributed by atoms with E-state index in [1.54, 1.807) is 0 Å². The number of aliphatic hydroxyl groups is 6. The van der Waals surface area contributed by atoms with Crippen molar-refractivity contribution in [3.8, 4) is 0 Å². The summed E-state index contributed by atoms with van der Waals surface area (Å²) in [5.41, 5.74) is -0.250. The van der Waals surface area contributed by atoms with Crippen LogP contribution in [-0.4, -0.2) is 68.3 Å². The second kappa shape index (κ2) is 13.2. The lowest BCUT2D eigenvalue weighted by atomic mass is 9.72. The van der Waals surface area contributed by atoms with E-state index in [4.69, 9.17) is 0 Å². The minimum absolute atomic E-state index is 0.0254. The van der Waals surface area contributed by atoms with Gasteiger partial charge in [0.1, 0.15) is 0 Å². The summed E-state index contributed by atoms with van der Waals surface area (Å²) < 4.78 is 0. The van der Waals surface area contributed by atoms with E-state index in [0.29, 0.717) is 25.7 Å². The van der Waals surface area contributed by atoms with E-state index < -0.39 is 24.4 Å². The van der Waals surface area contributed by atoms with E-state index >= 15 is 0 Å². The monoisotopic (exact) mass is 484 g/mol. The van der Waals surface area contributed by atoms with Crippen LogP contribution in [0, 0.1) is 34.5 Å². The number of hydrogen-bond acceptors (Lipinski definition) is 6. The van der Waals surface area contributed by atoms with E-state index in [2.05, 4.69) is 0 Å². The number of aliphatic hydroxyl groups excluding tert-OH is 6.